The molecule has 1 aromatic rings. The van der Waals surface area contributed by atoms with Gasteiger partial charge >= 0.3 is 6.01 Å². The van der Waals surface area contributed by atoms with Gasteiger partial charge in [0.25, 0.3) is 0 Å². The molecule has 2 heterocycles. The van der Waals surface area contributed by atoms with Crippen molar-refractivity contribution in [1.29, 1.82) is 0 Å². The summed E-state index contributed by atoms with van der Waals surface area (Å²) in [5, 5.41) is 7.98. The van der Waals surface area contributed by atoms with Crippen molar-refractivity contribution < 1.29 is 9.21 Å². The summed E-state index contributed by atoms with van der Waals surface area (Å²) >= 11 is 0. The van der Waals surface area contributed by atoms with E-state index in [4.69, 9.17) is 4.42 Å². The lowest BCUT2D eigenvalue weighted by atomic mass is 10.2. The summed E-state index contributed by atoms with van der Waals surface area (Å²) in [4.78, 5) is 15.7. The zero-order valence-corrected chi connectivity index (χ0v) is 11.1. The molecule has 0 aromatic carbocycles. The van der Waals surface area contributed by atoms with Crippen molar-refractivity contribution in [3.05, 3.63) is 5.89 Å². The first kappa shape index (κ1) is 12.9. The molecule has 0 aliphatic carbocycles. The topological polar surface area (TPSA) is 62.5 Å². The maximum absolute atomic E-state index is 11.7. The van der Waals surface area contributed by atoms with Crippen LogP contribution in [0.15, 0.2) is 4.42 Å². The van der Waals surface area contributed by atoms with Gasteiger partial charge in [-0.15, -0.1) is 5.10 Å². The van der Waals surface area contributed by atoms with Gasteiger partial charge in [-0.3, -0.25) is 4.79 Å². The molecular formula is C12H20N4O2. The second-order valence-electron chi connectivity index (χ2n) is 4.45. The minimum absolute atomic E-state index is 0.247. The molecule has 0 radical (unpaired) electrons. The molecule has 1 aliphatic heterocycles. The molecule has 18 heavy (non-hydrogen) atoms. The highest BCUT2D eigenvalue weighted by atomic mass is 16.4. The van der Waals surface area contributed by atoms with Gasteiger partial charge in [-0.05, 0) is 6.42 Å². The van der Waals surface area contributed by atoms with E-state index in [2.05, 4.69) is 10.2 Å². The van der Waals surface area contributed by atoms with E-state index in [0.29, 0.717) is 18.3 Å². The van der Waals surface area contributed by atoms with Gasteiger partial charge in [-0.25, -0.2) is 0 Å². The summed E-state index contributed by atoms with van der Waals surface area (Å²) in [7, 11) is 0. The fraction of sp³-hybridized carbons (Fsp3) is 0.750. The first-order chi connectivity index (χ1) is 8.74. The SMILES string of the molecule is CCCC(=O)N1CCN(c2nnc(CC)o2)CC1. The molecule has 1 fully saturated rings. The van der Waals surface area contributed by atoms with Gasteiger partial charge in [0.1, 0.15) is 0 Å². The molecule has 0 atom stereocenters. The van der Waals surface area contributed by atoms with E-state index in [-0.39, 0.29) is 5.91 Å². The monoisotopic (exact) mass is 252 g/mol. The Labute approximate surface area is 107 Å². The van der Waals surface area contributed by atoms with Crippen LogP contribution in [0.2, 0.25) is 0 Å². The van der Waals surface area contributed by atoms with Crippen LogP contribution in [-0.4, -0.2) is 47.2 Å². The summed E-state index contributed by atoms with van der Waals surface area (Å²) < 4.78 is 5.52. The molecule has 0 saturated carbocycles. The van der Waals surface area contributed by atoms with Crippen LogP contribution in [0.1, 0.15) is 32.6 Å². The van der Waals surface area contributed by atoms with E-state index in [1.807, 2.05) is 23.6 Å². The molecule has 0 unspecified atom stereocenters. The van der Waals surface area contributed by atoms with Gasteiger partial charge in [-0.1, -0.05) is 18.9 Å². The van der Waals surface area contributed by atoms with E-state index in [1.165, 1.54) is 0 Å². The average molecular weight is 252 g/mol. The third-order valence-electron chi connectivity index (χ3n) is 3.13. The zero-order chi connectivity index (χ0) is 13.0. The van der Waals surface area contributed by atoms with Crippen molar-refractivity contribution in [3.63, 3.8) is 0 Å². The molecule has 1 saturated heterocycles. The van der Waals surface area contributed by atoms with Crippen molar-refractivity contribution in [2.24, 2.45) is 0 Å². The van der Waals surface area contributed by atoms with Crippen LogP contribution < -0.4 is 4.90 Å². The normalized spacial score (nSPS) is 16.1. The second kappa shape index (κ2) is 5.84. The Kier molecular flexibility index (Phi) is 4.17. The number of hydrogen-bond donors (Lipinski definition) is 0. The van der Waals surface area contributed by atoms with Crippen molar-refractivity contribution in [1.82, 2.24) is 15.1 Å². The molecule has 1 aliphatic rings. The highest BCUT2D eigenvalue weighted by Gasteiger charge is 2.23. The minimum Gasteiger partial charge on any atom is -0.408 e. The van der Waals surface area contributed by atoms with Crippen molar-refractivity contribution in [2.75, 3.05) is 31.1 Å². The lowest BCUT2D eigenvalue weighted by Crippen LogP contribution is -2.48. The number of aryl methyl sites for hydroxylation is 1. The average Bonchev–Trinajstić information content (AvgIpc) is 2.88. The fourth-order valence-corrected chi connectivity index (χ4v) is 2.03. The first-order valence-electron chi connectivity index (χ1n) is 6.59. The molecule has 2 rings (SSSR count). The Morgan fingerprint density at radius 1 is 1.22 bits per heavy atom. The Balaban J connectivity index is 1.88. The number of carbonyl (C=O) groups is 1. The number of anilines is 1. The predicted molar refractivity (Wildman–Crippen MR) is 67.4 cm³/mol. The summed E-state index contributed by atoms with van der Waals surface area (Å²) in [5.74, 6) is 0.909. The Morgan fingerprint density at radius 2 is 1.94 bits per heavy atom. The van der Waals surface area contributed by atoms with Gasteiger partial charge in [0, 0.05) is 39.0 Å². The second-order valence-corrected chi connectivity index (χ2v) is 4.45. The Hall–Kier alpha value is -1.59. The molecular weight excluding hydrogens is 232 g/mol. The quantitative estimate of drug-likeness (QED) is 0.802. The maximum atomic E-state index is 11.7. The standard InChI is InChI=1S/C12H20N4O2/c1-3-5-11(17)15-6-8-16(9-7-15)12-14-13-10(4-2)18-12/h3-9H2,1-2H3. The lowest BCUT2D eigenvalue weighted by molar-refractivity contribution is -0.131. The predicted octanol–water partition coefficient (Wildman–Crippen LogP) is 1.08. The van der Waals surface area contributed by atoms with E-state index in [0.717, 1.165) is 39.0 Å². The van der Waals surface area contributed by atoms with Crippen molar-refractivity contribution in [3.8, 4) is 0 Å². The van der Waals surface area contributed by atoms with Gasteiger partial charge in [0.05, 0.1) is 0 Å². The smallest absolute Gasteiger partial charge is 0.318 e. The third-order valence-corrected chi connectivity index (χ3v) is 3.13. The van der Waals surface area contributed by atoms with Crippen molar-refractivity contribution in [2.45, 2.75) is 33.1 Å². The molecule has 6 heteroatoms. The molecule has 1 aromatic heterocycles. The highest BCUT2D eigenvalue weighted by molar-refractivity contribution is 5.76. The van der Waals surface area contributed by atoms with Crippen LogP contribution in [0.3, 0.4) is 0 Å². The van der Waals surface area contributed by atoms with E-state index in [9.17, 15) is 4.79 Å². The molecule has 0 bridgehead atoms. The van der Waals surface area contributed by atoms with Gasteiger partial charge < -0.3 is 14.2 Å². The molecule has 0 spiro atoms. The summed E-state index contributed by atoms with van der Waals surface area (Å²) in [6.45, 7) is 7.02. The number of amides is 1. The van der Waals surface area contributed by atoms with E-state index in [1.54, 1.807) is 0 Å². The lowest BCUT2D eigenvalue weighted by Gasteiger charge is -2.33. The molecule has 100 valence electrons. The van der Waals surface area contributed by atoms with Crippen LogP contribution in [-0.2, 0) is 11.2 Å². The van der Waals surface area contributed by atoms with Crippen LogP contribution in [0.4, 0.5) is 6.01 Å². The zero-order valence-electron chi connectivity index (χ0n) is 11.1. The fourth-order valence-electron chi connectivity index (χ4n) is 2.03. The number of hydrogen-bond acceptors (Lipinski definition) is 5. The minimum atomic E-state index is 0.247. The van der Waals surface area contributed by atoms with Gasteiger partial charge in [0.2, 0.25) is 11.8 Å². The summed E-state index contributed by atoms with van der Waals surface area (Å²) in [6, 6.07) is 0.578. The van der Waals surface area contributed by atoms with Gasteiger partial charge in [-0.2, -0.15) is 0 Å². The van der Waals surface area contributed by atoms with Crippen LogP contribution in [0.5, 0.6) is 0 Å². The molecule has 1 amide bonds. The summed E-state index contributed by atoms with van der Waals surface area (Å²) in [5.41, 5.74) is 0. The van der Waals surface area contributed by atoms with E-state index < -0.39 is 0 Å². The van der Waals surface area contributed by atoms with Crippen LogP contribution in [0.25, 0.3) is 0 Å². The number of carbonyl (C=O) groups excluding carboxylic acids is 1. The van der Waals surface area contributed by atoms with Crippen LogP contribution >= 0.6 is 0 Å². The van der Waals surface area contributed by atoms with Crippen molar-refractivity contribution >= 4 is 11.9 Å². The summed E-state index contributed by atoms with van der Waals surface area (Å²) in [6.07, 6.45) is 2.30. The van der Waals surface area contributed by atoms with Crippen LogP contribution in [0, 0.1) is 0 Å². The Bertz CT molecular complexity index is 397. The third kappa shape index (κ3) is 2.80. The number of nitrogens with zero attached hydrogens (tertiary/aromatic N) is 4. The van der Waals surface area contributed by atoms with E-state index >= 15 is 0 Å². The largest absolute Gasteiger partial charge is 0.408 e. The Morgan fingerprint density at radius 3 is 2.50 bits per heavy atom. The maximum Gasteiger partial charge on any atom is 0.318 e. The molecule has 6 nitrogen and oxygen atoms in total. The van der Waals surface area contributed by atoms with Gasteiger partial charge in [0.15, 0.2) is 0 Å². The first-order valence-corrected chi connectivity index (χ1v) is 6.59. The molecule has 0 N–H and O–H groups in total. The number of piperazine rings is 1. The highest BCUT2D eigenvalue weighted by Crippen LogP contribution is 2.15. The number of aromatic nitrogens is 2. The number of rotatable bonds is 4.